The molecule has 0 aromatic heterocycles. The standard InChI is InChI=1S/C15H15BrO2/c1-15(17-2)14(16)9-12-11-6-4-3-5-10(11)7-8-13(12)18-15/h3-8,14H,9H2,1-2H3/t14-,15-/m0/s1. The first kappa shape index (κ1) is 12.0. The van der Waals surface area contributed by atoms with E-state index in [9.17, 15) is 0 Å². The van der Waals surface area contributed by atoms with Crippen LogP contribution in [0.5, 0.6) is 5.75 Å². The molecule has 1 aliphatic heterocycles. The van der Waals surface area contributed by atoms with Crippen LogP contribution in [0.2, 0.25) is 0 Å². The molecule has 0 saturated carbocycles. The van der Waals surface area contributed by atoms with Crippen LogP contribution in [0.4, 0.5) is 0 Å². The molecule has 2 nitrogen and oxygen atoms in total. The zero-order chi connectivity index (χ0) is 12.8. The minimum absolute atomic E-state index is 0.147. The van der Waals surface area contributed by atoms with Crippen LogP contribution in [0.3, 0.4) is 0 Å². The number of alkyl halides is 1. The van der Waals surface area contributed by atoms with Crippen molar-refractivity contribution in [3.05, 3.63) is 42.0 Å². The average molecular weight is 307 g/mol. The molecule has 3 rings (SSSR count). The molecule has 2 aromatic carbocycles. The Hall–Kier alpha value is -1.06. The van der Waals surface area contributed by atoms with E-state index in [4.69, 9.17) is 9.47 Å². The number of rotatable bonds is 1. The molecule has 18 heavy (non-hydrogen) atoms. The molecule has 0 unspecified atom stereocenters. The summed E-state index contributed by atoms with van der Waals surface area (Å²) < 4.78 is 11.5. The fourth-order valence-electron chi connectivity index (χ4n) is 2.44. The first-order valence-electron chi connectivity index (χ1n) is 6.03. The number of benzene rings is 2. The highest BCUT2D eigenvalue weighted by Crippen LogP contribution is 2.40. The van der Waals surface area contributed by atoms with Crippen LogP contribution in [-0.4, -0.2) is 17.7 Å². The number of hydrogen-bond donors (Lipinski definition) is 0. The molecule has 1 aliphatic rings. The highest BCUT2D eigenvalue weighted by atomic mass is 79.9. The third kappa shape index (κ3) is 1.73. The van der Waals surface area contributed by atoms with Crippen molar-refractivity contribution in [1.29, 1.82) is 0 Å². The summed E-state index contributed by atoms with van der Waals surface area (Å²) in [5, 5.41) is 2.51. The van der Waals surface area contributed by atoms with Crippen molar-refractivity contribution < 1.29 is 9.47 Å². The summed E-state index contributed by atoms with van der Waals surface area (Å²) in [4.78, 5) is 0.147. The second kappa shape index (κ2) is 4.25. The fourth-order valence-corrected chi connectivity index (χ4v) is 3.04. The highest BCUT2D eigenvalue weighted by molar-refractivity contribution is 9.09. The molecule has 3 heteroatoms. The van der Waals surface area contributed by atoms with E-state index in [1.165, 1.54) is 16.3 Å². The highest BCUT2D eigenvalue weighted by Gasteiger charge is 2.40. The van der Waals surface area contributed by atoms with Crippen molar-refractivity contribution in [3.63, 3.8) is 0 Å². The first-order chi connectivity index (χ1) is 8.64. The van der Waals surface area contributed by atoms with Crippen molar-refractivity contribution in [2.24, 2.45) is 0 Å². The molecule has 0 radical (unpaired) electrons. The SMILES string of the molecule is CO[C@@]1(C)Oc2ccc3ccccc3c2C[C@@H]1Br. The summed E-state index contributed by atoms with van der Waals surface area (Å²) in [5.41, 5.74) is 1.25. The van der Waals surface area contributed by atoms with Crippen LogP contribution in [0.1, 0.15) is 12.5 Å². The van der Waals surface area contributed by atoms with E-state index < -0.39 is 5.79 Å². The second-order valence-electron chi connectivity index (χ2n) is 4.76. The Kier molecular flexibility index (Phi) is 2.83. The Morgan fingerprint density at radius 3 is 2.83 bits per heavy atom. The van der Waals surface area contributed by atoms with Gasteiger partial charge in [0.2, 0.25) is 5.79 Å². The van der Waals surface area contributed by atoms with E-state index in [0.29, 0.717) is 0 Å². The van der Waals surface area contributed by atoms with Crippen LogP contribution in [0.25, 0.3) is 10.8 Å². The summed E-state index contributed by atoms with van der Waals surface area (Å²) in [6, 6.07) is 12.5. The maximum Gasteiger partial charge on any atom is 0.220 e. The molecule has 0 N–H and O–H groups in total. The lowest BCUT2D eigenvalue weighted by Crippen LogP contribution is -2.47. The summed E-state index contributed by atoms with van der Waals surface area (Å²) in [7, 11) is 1.68. The number of ether oxygens (including phenoxy) is 2. The molecule has 2 atom stereocenters. The zero-order valence-corrected chi connectivity index (χ0v) is 12.0. The lowest BCUT2D eigenvalue weighted by molar-refractivity contribution is -0.153. The van der Waals surface area contributed by atoms with Gasteiger partial charge in [0.1, 0.15) is 5.75 Å². The van der Waals surface area contributed by atoms with Gasteiger partial charge in [-0.3, -0.25) is 0 Å². The Balaban J connectivity index is 2.17. The topological polar surface area (TPSA) is 18.5 Å². The van der Waals surface area contributed by atoms with Crippen LogP contribution >= 0.6 is 15.9 Å². The van der Waals surface area contributed by atoms with Gasteiger partial charge in [0.05, 0.1) is 4.83 Å². The van der Waals surface area contributed by atoms with Gasteiger partial charge < -0.3 is 9.47 Å². The molecule has 1 heterocycles. The Bertz CT molecular complexity index is 596. The van der Waals surface area contributed by atoms with Gasteiger partial charge >= 0.3 is 0 Å². The van der Waals surface area contributed by atoms with E-state index in [1.807, 2.05) is 13.0 Å². The monoisotopic (exact) mass is 306 g/mol. The van der Waals surface area contributed by atoms with Gasteiger partial charge in [-0.15, -0.1) is 0 Å². The Labute approximate surface area is 115 Å². The van der Waals surface area contributed by atoms with Crippen molar-refractivity contribution in [3.8, 4) is 5.75 Å². The zero-order valence-electron chi connectivity index (χ0n) is 10.4. The predicted molar refractivity (Wildman–Crippen MR) is 76.4 cm³/mol. The average Bonchev–Trinajstić information content (AvgIpc) is 2.40. The van der Waals surface area contributed by atoms with Gasteiger partial charge in [-0.25, -0.2) is 0 Å². The summed E-state index contributed by atoms with van der Waals surface area (Å²) in [6.45, 7) is 1.96. The van der Waals surface area contributed by atoms with Crippen molar-refractivity contribution >= 4 is 26.7 Å². The number of methoxy groups -OCH3 is 1. The summed E-state index contributed by atoms with van der Waals surface area (Å²) in [5.74, 6) is 0.323. The van der Waals surface area contributed by atoms with E-state index >= 15 is 0 Å². The molecular formula is C15H15BrO2. The third-order valence-corrected chi connectivity index (χ3v) is 4.82. The van der Waals surface area contributed by atoms with Crippen LogP contribution < -0.4 is 4.74 Å². The second-order valence-corrected chi connectivity index (χ2v) is 5.86. The van der Waals surface area contributed by atoms with Crippen LogP contribution in [-0.2, 0) is 11.2 Å². The van der Waals surface area contributed by atoms with E-state index in [2.05, 4.69) is 46.3 Å². The van der Waals surface area contributed by atoms with Crippen molar-refractivity contribution in [2.75, 3.05) is 7.11 Å². The lowest BCUT2D eigenvalue weighted by Gasteiger charge is -2.38. The van der Waals surface area contributed by atoms with E-state index in [-0.39, 0.29) is 4.83 Å². The maximum atomic E-state index is 6.02. The molecule has 2 aromatic rings. The predicted octanol–water partition coefficient (Wildman–Crippen LogP) is 3.90. The molecule has 0 aliphatic carbocycles. The smallest absolute Gasteiger partial charge is 0.220 e. The maximum absolute atomic E-state index is 6.02. The number of halogens is 1. The van der Waals surface area contributed by atoms with Gasteiger partial charge in [0, 0.05) is 19.6 Å². The van der Waals surface area contributed by atoms with Gasteiger partial charge in [-0.2, -0.15) is 0 Å². The molecule has 94 valence electrons. The molecule has 0 spiro atoms. The Morgan fingerprint density at radius 1 is 1.28 bits per heavy atom. The van der Waals surface area contributed by atoms with Gasteiger partial charge in [0.25, 0.3) is 0 Å². The molecular weight excluding hydrogens is 292 g/mol. The first-order valence-corrected chi connectivity index (χ1v) is 6.94. The molecule has 0 bridgehead atoms. The summed E-state index contributed by atoms with van der Waals surface area (Å²) >= 11 is 3.68. The Morgan fingerprint density at radius 2 is 2.06 bits per heavy atom. The lowest BCUT2D eigenvalue weighted by atomic mass is 9.95. The van der Waals surface area contributed by atoms with E-state index in [0.717, 1.165) is 12.2 Å². The van der Waals surface area contributed by atoms with Gasteiger partial charge in [-0.05, 0) is 23.3 Å². The minimum atomic E-state index is -0.602. The largest absolute Gasteiger partial charge is 0.461 e. The van der Waals surface area contributed by atoms with Gasteiger partial charge in [0.15, 0.2) is 0 Å². The van der Waals surface area contributed by atoms with Crippen LogP contribution in [0, 0.1) is 0 Å². The minimum Gasteiger partial charge on any atom is -0.461 e. The quantitative estimate of drug-likeness (QED) is 0.744. The number of fused-ring (bicyclic) bond motifs is 3. The third-order valence-electron chi connectivity index (χ3n) is 3.67. The molecule has 0 amide bonds. The normalized spacial score (nSPS) is 26.7. The summed E-state index contributed by atoms with van der Waals surface area (Å²) in [6.07, 6.45) is 0.904. The van der Waals surface area contributed by atoms with E-state index in [1.54, 1.807) is 7.11 Å². The van der Waals surface area contributed by atoms with Crippen LogP contribution in [0.15, 0.2) is 36.4 Å². The van der Waals surface area contributed by atoms with Crippen molar-refractivity contribution in [2.45, 2.75) is 24.0 Å². The van der Waals surface area contributed by atoms with Crippen molar-refractivity contribution in [1.82, 2.24) is 0 Å². The number of hydrogen-bond acceptors (Lipinski definition) is 2. The fraction of sp³-hybridized carbons (Fsp3) is 0.333. The van der Waals surface area contributed by atoms with Gasteiger partial charge in [-0.1, -0.05) is 46.3 Å². The molecule has 0 saturated heterocycles. The molecule has 0 fully saturated rings.